The molecule has 1 aliphatic heterocycles. The number of anilines is 1. The fraction of sp³-hybridized carbons (Fsp3) is 0.105. The molecular weight excluding hydrogens is 496 g/mol. The molecule has 0 aromatic heterocycles. The molecule has 0 atom stereocenters. The van der Waals surface area contributed by atoms with Gasteiger partial charge in [0.1, 0.15) is 0 Å². The molecule has 0 saturated carbocycles. The quantitative estimate of drug-likeness (QED) is 0.594. The predicted molar refractivity (Wildman–Crippen MR) is 112 cm³/mol. The van der Waals surface area contributed by atoms with Crippen LogP contribution in [0.3, 0.4) is 0 Å². The van der Waals surface area contributed by atoms with E-state index in [0.717, 1.165) is 0 Å². The molecule has 2 aromatic rings. The largest absolute Gasteiger partial charge is 0.503 e. The number of hydrazone groups is 1. The maximum absolute atomic E-state index is 12.9. The first-order valence-corrected chi connectivity index (χ1v) is 9.53. The first-order valence-electron chi connectivity index (χ1n) is 7.94. The van der Waals surface area contributed by atoms with Gasteiger partial charge in [0.15, 0.2) is 11.5 Å². The van der Waals surface area contributed by atoms with E-state index in [9.17, 15) is 14.7 Å². The fourth-order valence-corrected chi connectivity index (χ4v) is 3.47. The van der Waals surface area contributed by atoms with Gasteiger partial charge in [-0.3, -0.25) is 4.79 Å². The zero-order chi connectivity index (χ0) is 20.6. The van der Waals surface area contributed by atoms with Gasteiger partial charge < -0.3 is 14.9 Å². The summed E-state index contributed by atoms with van der Waals surface area (Å²) >= 11 is 6.68. The molecule has 2 N–H and O–H groups in total. The number of carbonyl (C=O) groups excluding carboxylic acids is 1. The summed E-state index contributed by atoms with van der Waals surface area (Å²) in [4.78, 5) is 23.9. The number of carboxylic acids is 1. The van der Waals surface area contributed by atoms with Gasteiger partial charge in [0, 0.05) is 4.47 Å². The van der Waals surface area contributed by atoms with E-state index in [1.54, 1.807) is 19.1 Å². The summed E-state index contributed by atoms with van der Waals surface area (Å²) in [6, 6.07) is 7.47. The van der Waals surface area contributed by atoms with Crippen molar-refractivity contribution in [2.24, 2.45) is 5.10 Å². The molecule has 1 aliphatic rings. The lowest BCUT2D eigenvalue weighted by molar-refractivity contribution is -0.114. The van der Waals surface area contributed by atoms with Crippen LogP contribution in [0.4, 0.5) is 5.69 Å². The maximum Gasteiger partial charge on any atom is 0.335 e. The summed E-state index contributed by atoms with van der Waals surface area (Å²) in [6.07, 6.45) is 1.64. The van der Waals surface area contributed by atoms with E-state index >= 15 is 0 Å². The summed E-state index contributed by atoms with van der Waals surface area (Å²) < 4.78 is 6.12. The molecule has 2 aromatic carbocycles. The highest BCUT2D eigenvalue weighted by molar-refractivity contribution is 9.13. The zero-order valence-corrected chi connectivity index (χ0v) is 17.9. The highest BCUT2D eigenvalue weighted by atomic mass is 79.9. The molecule has 0 aliphatic carbocycles. The minimum Gasteiger partial charge on any atom is -0.503 e. The van der Waals surface area contributed by atoms with Gasteiger partial charge >= 0.3 is 5.97 Å². The molecule has 0 radical (unpaired) electrons. The van der Waals surface area contributed by atoms with Gasteiger partial charge in [-0.2, -0.15) is 10.1 Å². The summed E-state index contributed by atoms with van der Waals surface area (Å²) in [6.45, 7) is 1.70. The van der Waals surface area contributed by atoms with Crippen molar-refractivity contribution in [2.75, 3.05) is 12.1 Å². The van der Waals surface area contributed by atoms with E-state index < -0.39 is 5.97 Å². The number of benzene rings is 2. The van der Waals surface area contributed by atoms with Crippen LogP contribution in [-0.4, -0.2) is 34.9 Å². The summed E-state index contributed by atoms with van der Waals surface area (Å²) in [5, 5.41) is 24.6. The molecule has 0 saturated heterocycles. The van der Waals surface area contributed by atoms with Crippen LogP contribution in [-0.2, 0) is 4.79 Å². The number of hydrogen-bond acceptors (Lipinski definition) is 5. The Labute approximate surface area is 177 Å². The van der Waals surface area contributed by atoms with Crippen molar-refractivity contribution < 1.29 is 24.5 Å². The smallest absolute Gasteiger partial charge is 0.335 e. The Hall–Kier alpha value is -2.65. The lowest BCUT2D eigenvalue weighted by Gasteiger charge is -2.12. The number of aromatic carboxylic acids is 1. The number of phenols is 1. The monoisotopic (exact) mass is 508 g/mol. The third kappa shape index (κ3) is 3.55. The van der Waals surface area contributed by atoms with E-state index in [1.165, 1.54) is 36.4 Å². The predicted octanol–water partition coefficient (Wildman–Crippen LogP) is 4.43. The number of methoxy groups -OCH3 is 1. The highest BCUT2D eigenvalue weighted by Gasteiger charge is 2.29. The highest BCUT2D eigenvalue weighted by Crippen LogP contribution is 2.42. The first-order chi connectivity index (χ1) is 13.2. The number of hydrogen-bond donors (Lipinski definition) is 2. The number of phenolic OH excluding ortho intramolecular Hbond substituents is 1. The standard InChI is InChI=1S/C19H14Br2N2O5/c1-9-13(7-11-8-14(28-2)17(24)16(21)15(11)20)18(25)23(22-9)12-5-3-10(4-6-12)19(26)27/h3-8,24H,1-2H3,(H,26,27). The number of carboxylic acid groups (broad SMARTS) is 1. The van der Waals surface area contributed by atoms with Crippen molar-refractivity contribution in [3.63, 3.8) is 0 Å². The Bertz CT molecular complexity index is 1050. The van der Waals surface area contributed by atoms with Crippen molar-refractivity contribution in [3.05, 3.63) is 56.0 Å². The Kier molecular flexibility index (Phi) is 5.57. The van der Waals surface area contributed by atoms with Crippen molar-refractivity contribution in [3.8, 4) is 11.5 Å². The topological polar surface area (TPSA) is 99.4 Å². The maximum atomic E-state index is 12.9. The second-order valence-corrected chi connectivity index (χ2v) is 7.44. The molecule has 0 spiro atoms. The number of amides is 1. The number of nitrogens with zero attached hydrogens (tertiary/aromatic N) is 2. The van der Waals surface area contributed by atoms with Crippen LogP contribution in [0.5, 0.6) is 11.5 Å². The minimum absolute atomic E-state index is 0.0557. The SMILES string of the molecule is COc1cc(C=C2C(=O)N(c3ccc(C(=O)O)cc3)N=C2C)c(Br)c(Br)c1O. The third-order valence-corrected chi connectivity index (χ3v) is 6.27. The van der Waals surface area contributed by atoms with Gasteiger partial charge in [-0.25, -0.2) is 4.79 Å². The van der Waals surface area contributed by atoms with Gasteiger partial charge in [0.05, 0.1) is 34.1 Å². The lowest BCUT2D eigenvalue weighted by Crippen LogP contribution is -2.21. The average Bonchev–Trinajstić information content (AvgIpc) is 2.96. The molecule has 144 valence electrons. The minimum atomic E-state index is -1.05. The van der Waals surface area contributed by atoms with Crippen LogP contribution in [0.1, 0.15) is 22.8 Å². The molecule has 1 heterocycles. The van der Waals surface area contributed by atoms with Gasteiger partial charge in [0.2, 0.25) is 0 Å². The summed E-state index contributed by atoms with van der Waals surface area (Å²) in [5.74, 6) is -1.20. The Morgan fingerprint density at radius 1 is 1.21 bits per heavy atom. The summed E-state index contributed by atoms with van der Waals surface area (Å²) in [7, 11) is 1.43. The number of ether oxygens (including phenoxy) is 1. The van der Waals surface area contributed by atoms with E-state index in [2.05, 4.69) is 37.0 Å². The number of rotatable bonds is 4. The number of halogens is 2. The normalized spacial score (nSPS) is 15.1. The van der Waals surface area contributed by atoms with Crippen LogP contribution in [0.2, 0.25) is 0 Å². The molecule has 0 unspecified atom stereocenters. The number of aromatic hydroxyl groups is 1. The van der Waals surface area contributed by atoms with E-state index in [0.29, 0.717) is 31.5 Å². The van der Waals surface area contributed by atoms with Crippen LogP contribution in [0.25, 0.3) is 6.08 Å². The van der Waals surface area contributed by atoms with Gasteiger partial charge in [0.25, 0.3) is 5.91 Å². The van der Waals surface area contributed by atoms with Gasteiger partial charge in [-0.1, -0.05) is 0 Å². The van der Waals surface area contributed by atoms with Crippen LogP contribution in [0, 0.1) is 0 Å². The number of carbonyl (C=O) groups is 2. The molecular formula is C19H14Br2N2O5. The third-order valence-electron chi connectivity index (χ3n) is 4.12. The molecule has 1 amide bonds. The molecule has 28 heavy (non-hydrogen) atoms. The second-order valence-electron chi connectivity index (χ2n) is 5.86. The van der Waals surface area contributed by atoms with Crippen molar-refractivity contribution >= 4 is 61.2 Å². The van der Waals surface area contributed by atoms with Gasteiger partial charge in [-0.05, 0) is 80.8 Å². The Morgan fingerprint density at radius 3 is 2.43 bits per heavy atom. The molecule has 7 nitrogen and oxygen atoms in total. The van der Waals surface area contributed by atoms with Gasteiger partial charge in [-0.15, -0.1) is 0 Å². The molecule has 3 rings (SSSR count). The van der Waals surface area contributed by atoms with Crippen LogP contribution >= 0.6 is 31.9 Å². The van der Waals surface area contributed by atoms with E-state index in [1.807, 2.05) is 0 Å². The van der Waals surface area contributed by atoms with Crippen molar-refractivity contribution in [2.45, 2.75) is 6.92 Å². The lowest BCUT2D eigenvalue weighted by atomic mass is 10.1. The van der Waals surface area contributed by atoms with Crippen molar-refractivity contribution in [1.29, 1.82) is 0 Å². The summed E-state index contributed by atoms with van der Waals surface area (Å²) in [5.41, 5.74) is 2.06. The average molecular weight is 510 g/mol. The van der Waals surface area contributed by atoms with Crippen LogP contribution < -0.4 is 9.75 Å². The van der Waals surface area contributed by atoms with E-state index in [-0.39, 0.29) is 23.0 Å². The fourth-order valence-electron chi connectivity index (χ4n) is 2.63. The van der Waals surface area contributed by atoms with E-state index in [4.69, 9.17) is 9.84 Å². The molecule has 0 bridgehead atoms. The van der Waals surface area contributed by atoms with Crippen LogP contribution in [0.15, 0.2) is 50.0 Å². The Morgan fingerprint density at radius 2 is 1.86 bits per heavy atom. The first kappa shape index (κ1) is 20.1. The Balaban J connectivity index is 1.99. The second kappa shape index (κ2) is 7.76. The zero-order valence-electron chi connectivity index (χ0n) is 14.7. The van der Waals surface area contributed by atoms with Crippen molar-refractivity contribution in [1.82, 2.24) is 0 Å². The molecule has 0 fully saturated rings. The molecule has 9 heteroatoms.